The van der Waals surface area contributed by atoms with Crippen molar-refractivity contribution in [1.29, 1.82) is 0 Å². The Morgan fingerprint density at radius 2 is 2.00 bits per heavy atom. The molecule has 5 rings (SSSR count). The van der Waals surface area contributed by atoms with E-state index in [1.165, 1.54) is 0 Å². The Morgan fingerprint density at radius 1 is 1.10 bits per heavy atom. The Hall–Kier alpha value is -3.48. The van der Waals surface area contributed by atoms with Crippen LogP contribution in [0.2, 0.25) is 0 Å². The third-order valence-corrected chi connectivity index (χ3v) is 5.56. The number of ketones is 2. The van der Waals surface area contributed by atoms with Gasteiger partial charge in [0, 0.05) is 29.9 Å². The van der Waals surface area contributed by atoms with Gasteiger partial charge in [-0.1, -0.05) is 12.1 Å². The Balaban J connectivity index is 1.36. The Morgan fingerprint density at radius 3 is 2.83 bits per heavy atom. The molecular formula is C22H19N3O4. The van der Waals surface area contributed by atoms with Crippen LogP contribution in [0.25, 0.3) is 5.65 Å². The molecule has 1 atom stereocenters. The minimum atomic E-state index is -0.529. The molecule has 0 N–H and O–H groups in total. The van der Waals surface area contributed by atoms with Gasteiger partial charge < -0.3 is 14.0 Å². The van der Waals surface area contributed by atoms with Crippen molar-refractivity contribution >= 4 is 23.1 Å². The van der Waals surface area contributed by atoms with Crippen molar-refractivity contribution in [3.8, 4) is 5.75 Å². The quantitative estimate of drug-likeness (QED) is 0.641. The molecule has 29 heavy (non-hydrogen) atoms. The largest absolute Gasteiger partial charge is 0.487 e. The van der Waals surface area contributed by atoms with Gasteiger partial charge in [0.25, 0.3) is 5.91 Å². The molecule has 2 aliphatic rings. The van der Waals surface area contributed by atoms with Gasteiger partial charge in [-0.3, -0.25) is 14.4 Å². The lowest BCUT2D eigenvalue weighted by Crippen LogP contribution is -2.44. The zero-order valence-electron chi connectivity index (χ0n) is 15.7. The van der Waals surface area contributed by atoms with Gasteiger partial charge in [-0.15, -0.1) is 0 Å². The molecule has 0 saturated heterocycles. The fourth-order valence-electron chi connectivity index (χ4n) is 4.11. The second kappa shape index (κ2) is 6.84. The number of rotatable bonds is 4. The van der Waals surface area contributed by atoms with Crippen LogP contribution in [0.1, 0.15) is 40.9 Å². The lowest BCUT2D eigenvalue weighted by molar-refractivity contribution is -0.133. The number of aromatic nitrogens is 2. The summed E-state index contributed by atoms with van der Waals surface area (Å²) in [7, 11) is 0. The highest BCUT2D eigenvalue weighted by molar-refractivity contribution is 6.07. The molecule has 1 fully saturated rings. The SMILES string of the molecule is O=C1CCC(N2Cc3c(OCc4cn5ccccc5n4)cccc3C2=O)C(=O)C1. The molecular weight excluding hydrogens is 370 g/mol. The molecule has 3 heterocycles. The number of Topliss-reactive ketones (excluding diaryl/α,β-unsaturated/α-hetero) is 2. The standard InChI is InChI=1S/C22H19N3O4/c26-15-7-8-18(19(27)10-15)25-12-17-16(22(25)28)4-3-5-20(17)29-13-14-11-24-9-2-1-6-21(24)23-14/h1-6,9,11,18H,7-8,10,12-13H2. The minimum absolute atomic E-state index is 0.0492. The van der Waals surface area contributed by atoms with Crippen LogP contribution >= 0.6 is 0 Å². The number of carbonyl (C=O) groups is 3. The van der Waals surface area contributed by atoms with E-state index in [-0.39, 0.29) is 30.5 Å². The van der Waals surface area contributed by atoms with E-state index in [0.29, 0.717) is 30.7 Å². The van der Waals surface area contributed by atoms with Crippen molar-refractivity contribution in [1.82, 2.24) is 14.3 Å². The fourth-order valence-corrected chi connectivity index (χ4v) is 4.11. The lowest BCUT2D eigenvalue weighted by Gasteiger charge is -2.29. The summed E-state index contributed by atoms with van der Waals surface area (Å²) in [5.41, 5.74) is 2.97. The summed E-state index contributed by atoms with van der Waals surface area (Å²) in [5.74, 6) is 0.224. The van der Waals surface area contributed by atoms with Gasteiger partial charge in [-0.2, -0.15) is 0 Å². The summed E-state index contributed by atoms with van der Waals surface area (Å²) >= 11 is 0. The predicted octanol–water partition coefficient (Wildman–Crippen LogP) is 2.56. The molecule has 1 unspecified atom stereocenters. The molecule has 1 saturated carbocycles. The molecule has 0 radical (unpaired) electrons. The number of carbonyl (C=O) groups excluding carboxylic acids is 3. The van der Waals surface area contributed by atoms with Crippen LogP contribution in [0, 0.1) is 0 Å². The number of amides is 1. The second-order valence-corrected chi connectivity index (χ2v) is 7.44. The van der Waals surface area contributed by atoms with Crippen molar-refractivity contribution < 1.29 is 19.1 Å². The third kappa shape index (κ3) is 3.08. The van der Waals surface area contributed by atoms with Crippen LogP contribution in [-0.4, -0.2) is 37.8 Å². The summed E-state index contributed by atoms with van der Waals surface area (Å²) in [5, 5.41) is 0. The number of ether oxygens (including phenoxy) is 1. The predicted molar refractivity (Wildman–Crippen MR) is 103 cm³/mol. The highest BCUT2D eigenvalue weighted by Gasteiger charge is 2.39. The maximum absolute atomic E-state index is 12.9. The van der Waals surface area contributed by atoms with Crippen LogP contribution < -0.4 is 4.74 Å². The summed E-state index contributed by atoms with van der Waals surface area (Å²) < 4.78 is 7.92. The molecule has 2 aromatic heterocycles. The number of hydrogen-bond acceptors (Lipinski definition) is 5. The molecule has 1 aromatic carbocycles. The van der Waals surface area contributed by atoms with Crippen LogP contribution in [-0.2, 0) is 22.7 Å². The Labute approximate surface area is 166 Å². The van der Waals surface area contributed by atoms with Crippen molar-refractivity contribution in [2.45, 2.75) is 38.5 Å². The molecule has 0 bridgehead atoms. The van der Waals surface area contributed by atoms with E-state index in [1.54, 1.807) is 17.0 Å². The van der Waals surface area contributed by atoms with E-state index in [0.717, 1.165) is 16.9 Å². The van der Waals surface area contributed by atoms with Crippen molar-refractivity contribution in [2.24, 2.45) is 0 Å². The van der Waals surface area contributed by atoms with Crippen molar-refractivity contribution in [2.75, 3.05) is 0 Å². The first-order valence-electron chi connectivity index (χ1n) is 9.63. The van der Waals surface area contributed by atoms with Gasteiger partial charge in [-0.25, -0.2) is 4.98 Å². The van der Waals surface area contributed by atoms with Crippen molar-refractivity contribution in [3.63, 3.8) is 0 Å². The van der Waals surface area contributed by atoms with Gasteiger partial charge in [0.1, 0.15) is 23.8 Å². The number of benzene rings is 1. The third-order valence-electron chi connectivity index (χ3n) is 5.56. The van der Waals surface area contributed by atoms with Crippen LogP contribution in [0.3, 0.4) is 0 Å². The second-order valence-electron chi connectivity index (χ2n) is 7.44. The van der Waals surface area contributed by atoms with Gasteiger partial charge >= 0.3 is 0 Å². The highest BCUT2D eigenvalue weighted by atomic mass is 16.5. The Kier molecular flexibility index (Phi) is 4.16. The normalized spacial score (nSPS) is 19.1. The van der Waals surface area contributed by atoms with E-state index >= 15 is 0 Å². The van der Waals surface area contributed by atoms with E-state index in [1.807, 2.05) is 41.1 Å². The number of pyridine rings is 1. The summed E-state index contributed by atoms with van der Waals surface area (Å²) in [6.07, 6.45) is 4.49. The summed E-state index contributed by atoms with van der Waals surface area (Å²) in [4.78, 5) is 42.8. The van der Waals surface area contributed by atoms with Gasteiger partial charge in [0.05, 0.1) is 24.7 Å². The maximum Gasteiger partial charge on any atom is 0.255 e. The van der Waals surface area contributed by atoms with Crippen LogP contribution in [0.4, 0.5) is 0 Å². The van der Waals surface area contributed by atoms with Gasteiger partial charge in [-0.05, 0) is 30.7 Å². The zero-order valence-corrected chi connectivity index (χ0v) is 15.7. The first kappa shape index (κ1) is 17.6. The van der Waals surface area contributed by atoms with E-state index < -0.39 is 6.04 Å². The average Bonchev–Trinajstić information content (AvgIpc) is 3.28. The monoisotopic (exact) mass is 389 g/mol. The number of nitrogens with zero attached hydrogens (tertiary/aromatic N) is 3. The first-order chi connectivity index (χ1) is 14.1. The molecule has 7 nitrogen and oxygen atoms in total. The molecule has 1 aliphatic carbocycles. The topological polar surface area (TPSA) is 81.0 Å². The van der Waals surface area contributed by atoms with Gasteiger partial charge in [0.2, 0.25) is 0 Å². The van der Waals surface area contributed by atoms with Crippen LogP contribution in [0.5, 0.6) is 5.75 Å². The minimum Gasteiger partial charge on any atom is -0.487 e. The lowest BCUT2D eigenvalue weighted by atomic mass is 9.92. The van der Waals surface area contributed by atoms with Crippen molar-refractivity contribution in [3.05, 3.63) is 65.6 Å². The molecule has 1 amide bonds. The number of hydrogen-bond donors (Lipinski definition) is 0. The zero-order chi connectivity index (χ0) is 20.0. The Bertz CT molecular complexity index is 1120. The highest BCUT2D eigenvalue weighted by Crippen LogP contribution is 2.34. The molecule has 7 heteroatoms. The van der Waals surface area contributed by atoms with E-state index in [4.69, 9.17) is 4.74 Å². The van der Waals surface area contributed by atoms with Gasteiger partial charge in [0.15, 0.2) is 5.78 Å². The molecule has 1 aliphatic heterocycles. The molecule has 3 aromatic rings. The molecule has 0 spiro atoms. The first-order valence-corrected chi connectivity index (χ1v) is 9.63. The van der Waals surface area contributed by atoms with Crippen LogP contribution in [0.15, 0.2) is 48.8 Å². The van der Waals surface area contributed by atoms with E-state index in [2.05, 4.69) is 4.98 Å². The smallest absolute Gasteiger partial charge is 0.255 e. The summed E-state index contributed by atoms with van der Waals surface area (Å²) in [6, 6.07) is 10.6. The van der Waals surface area contributed by atoms with E-state index in [9.17, 15) is 14.4 Å². The average molecular weight is 389 g/mol. The summed E-state index contributed by atoms with van der Waals surface area (Å²) in [6.45, 7) is 0.600. The number of fused-ring (bicyclic) bond motifs is 2. The molecule has 146 valence electrons. The fraction of sp³-hybridized carbons (Fsp3) is 0.273. The maximum atomic E-state index is 12.9. The number of imidazole rings is 1.